The molecule has 1 aromatic heterocycles. The molecule has 2 aromatic rings. The van der Waals surface area contributed by atoms with Crippen molar-refractivity contribution in [3.63, 3.8) is 0 Å². The molecular weight excluding hydrogens is 330 g/mol. The summed E-state index contributed by atoms with van der Waals surface area (Å²) in [6.45, 7) is -0.504. The van der Waals surface area contributed by atoms with E-state index in [1.165, 1.54) is 11.0 Å². The highest BCUT2D eigenvalue weighted by atomic mass is 79.9. The Morgan fingerprint density at radius 3 is 2.70 bits per heavy atom. The van der Waals surface area contributed by atoms with E-state index in [1.807, 2.05) is 0 Å². The summed E-state index contributed by atoms with van der Waals surface area (Å²) in [6.07, 6.45) is 1.28. The van der Waals surface area contributed by atoms with Crippen molar-refractivity contribution in [1.29, 1.82) is 0 Å². The lowest BCUT2D eigenvalue weighted by Gasteiger charge is -2.06. The van der Waals surface area contributed by atoms with Gasteiger partial charge in [0.25, 0.3) is 5.91 Å². The maximum atomic E-state index is 11.6. The molecule has 1 heterocycles. The van der Waals surface area contributed by atoms with Crippen LogP contribution in [0.15, 0.2) is 35.1 Å². The van der Waals surface area contributed by atoms with Gasteiger partial charge in [-0.25, -0.2) is 4.68 Å². The predicted octanol–water partition coefficient (Wildman–Crippen LogP) is 0.617. The lowest BCUT2D eigenvalue weighted by Crippen LogP contribution is -2.23. The summed E-state index contributed by atoms with van der Waals surface area (Å²) in [6, 6.07) is 7.04. The van der Waals surface area contributed by atoms with Crippen LogP contribution < -0.4 is 5.32 Å². The summed E-state index contributed by atoms with van der Waals surface area (Å²) in [5, 5.41) is 12.9. The molecule has 1 aromatic carbocycles. The molecule has 0 aliphatic rings. The first kappa shape index (κ1) is 14.1. The minimum Gasteiger partial charge on any atom is -0.454 e. The highest BCUT2D eigenvalue weighted by molar-refractivity contribution is 9.10. The van der Waals surface area contributed by atoms with Gasteiger partial charge in [0.1, 0.15) is 12.9 Å². The van der Waals surface area contributed by atoms with Crippen molar-refractivity contribution in [2.45, 2.75) is 6.54 Å². The van der Waals surface area contributed by atoms with Gasteiger partial charge in [0.05, 0.1) is 0 Å². The smallest absolute Gasteiger partial charge is 0.328 e. The zero-order valence-corrected chi connectivity index (χ0v) is 11.8. The number of halogens is 1. The Morgan fingerprint density at radius 1 is 1.30 bits per heavy atom. The zero-order valence-electron chi connectivity index (χ0n) is 10.2. The first-order valence-corrected chi connectivity index (χ1v) is 6.34. The third-order valence-electron chi connectivity index (χ3n) is 2.17. The first-order valence-electron chi connectivity index (χ1n) is 5.55. The summed E-state index contributed by atoms with van der Waals surface area (Å²) >= 11 is 3.29. The SMILES string of the molecule is O=C(COC(=O)Cn1cnnn1)Nc1ccc(Br)cc1. The van der Waals surface area contributed by atoms with Crippen LogP contribution in [-0.2, 0) is 20.9 Å². The Balaban J connectivity index is 1.74. The quantitative estimate of drug-likeness (QED) is 0.801. The molecule has 0 saturated carbocycles. The second kappa shape index (κ2) is 6.75. The Morgan fingerprint density at radius 2 is 2.05 bits per heavy atom. The summed E-state index contributed by atoms with van der Waals surface area (Å²) in [5.74, 6) is -1.01. The number of nitrogens with zero attached hydrogens (tertiary/aromatic N) is 4. The molecule has 0 unspecified atom stereocenters. The van der Waals surface area contributed by atoms with E-state index >= 15 is 0 Å². The Bertz CT molecular complexity index is 585. The molecule has 8 nitrogen and oxygen atoms in total. The maximum absolute atomic E-state index is 11.6. The van der Waals surface area contributed by atoms with Crippen molar-refractivity contribution < 1.29 is 14.3 Å². The summed E-state index contributed by atoms with van der Waals surface area (Å²) in [4.78, 5) is 22.9. The van der Waals surface area contributed by atoms with Crippen molar-refractivity contribution in [2.75, 3.05) is 11.9 Å². The van der Waals surface area contributed by atoms with Crippen LogP contribution in [0.25, 0.3) is 0 Å². The summed E-state index contributed by atoms with van der Waals surface area (Å²) in [5.41, 5.74) is 0.620. The van der Waals surface area contributed by atoms with Crippen LogP contribution in [0.4, 0.5) is 5.69 Å². The van der Waals surface area contributed by atoms with Gasteiger partial charge in [0, 0.05) is 10.2 Å². The Hall–Kier alpha value is -2.29. The Kier molecular flexibility index (Phi) is 4.77. The largest absolute Gasteiger partial charge is 0.454 e. The van der Waals surface area contributed by atoms with Crippen LogP contribution in [0.3, 0.4) is 0 Å². The van der Waals surface area contributed by atoms with Gasteiger partial charge < -0.3 is 10.1 Å². The van der Waals surface area contributed by atoms with Crippen LogP contribution in [0.2, 0.25) is 0 Å². The number of hydrogen-bond donors (Lipinski definition) is 1. The molecule has 9 heteroatoms. The number of carbonyl (C=O) groups excluding carboxylic acids is 2. The van der Waals surface area contributed by atoms with Crippen LogP contribution >= 0.6 is 15.9 Å². The third-order valence-corrected chi connectivity index (χ3v) is 2.70. The van der Waals surface area contributed by atoms with E-state index in [2.05, 4.69) is 36.8 Å². The molecule has 0 fully saturated rings. The number of benzene rings is 1. The van der Waals surface area contributed by atoms with Gasteiger partial charge in [-0.05, 0) is 34.7 Å². The van der Waals surface area contributed by atoms with E-state index in [0.717, 1.165) is 4.47 Å². The van der Waals surface area contributed by atoms with Gasteiger partial charge in [-0.15, -0.1) is 5.10 Å². The second-order valence-corrected chi connectivity index (χ2v) is 4.64. The molecule has 1 N–H and O–H groups in total. The van der Waals surface area contributed by atoms with Crippen LogP contribution in [0.1, 0.15) is 0 Å². The number of ether oxygens (including phenoxy) is 1. The molecule has 0 aliphatic carbocycles. The lowest BCUT2D eigenvalue weighted by molar-refractivity contribution is -0.148. The summed E-state index contributed by atoms with van der Waals surface area (Å²) in [7, 11) is 0. The van der Waals surface area contributed by atoms with Crippen molar-refractivity contribution in [1.82, 2.24) is 20.2 Å². The van der Waals surface area contributed by atoms with Crippen molar-refractivity contribution >= 4 is 33.5 Å². The molecule has 0 atom stereocenters. The molecule has 20 heavy (non-hydrogen) atoms. The van der Waals surface area contributed by atoms with E-state index in [4.69, 9.17) is 4.74 Å². The van der Waals surface area contributed by atoms with Crippen LogP contribution in [-0.4, -0.2) is 38.7 Å². The highest BCUT2D eigenvalue weighted by Crippen LogP contribution is 2.13. The number of amides is 1. The molecule has 0 bridgehead atoms. The molecule has 104 valence electrons. The van der Waals surface area contributed by atoms with E-state index in [0.29, 0.717) is 5.69 Å². The number of aromatic nitrogens is 4. The van der Waals surface area contributed by atoms with Crippen molar-refractivity contribution in [3.8, 4) is 0 Å². The number of nitrogens with one attached hydrogen (secondary N) is 1. The standard InChI is InChI=1S/C11H10BrN5O3/c12-8-1-3-9(4-2-8)14-10(18)6-20-11(19)5-17-7-13-15-16-17/h1-4,7H,5-6H2,(H,14,18). The van der Waals surface area contributed by atoms with Crippen LogP contribution in [0, 0.1) is 0 Å². The molecule has 2 rings (SSSR count). The van der Waals surface area contributed by atoms with Crippen LogP contribution in [0.5, 0.6) is 0 Å². The third kappa shape index (κ3) is 4.43. The predicted molar refractivity (Wildman–Crippen MR) is 71.5 cm³/mol. The van der Waals surface area contributed by atoms with Gasteiger partial charge in [-0.3, -0.25) is 9.59 Å². The molecule has 0 saturated heterocycles. The minimum absolute atomic E-state index is 0.140. The number of esters is 1. The number of tetrazole rings is 1. The Labute approximate surface area is 122 Å². The number of anilines is 1. The second-order valence-electron chi connectivity index (χ2n) is 3.72. The zero-order chi connectivity index (χ0) is 14.4. The van der Waals surface area contributed by atoms with Gasteiger partial charge in [-0.1, -0.05) is 15.9 Å². The molecule has 1 amide bonds. The van der Waals surface area contributed by atoms with Crippen molar-refractivity contribution in [3.05, 3.63) is 35.1 Å². The fourth-order valence-corrected chi connectivity index (χ4v) is 1.57. The minimum atomic E-state index is -0.594. The molecular formula is C11H10BrN5O3. The van der Waals surface area contributed by atoms with Gasteiger partial charge >= 0.3 is 5.97 Å². The molecule has 0 aliphatic heterocycles. The van der Waals surface area contributed by atoms with Crippen molar-refractivity contribution in [2.24, 2.45) is 0 Å². The fraction of sp³-hybridized carbons (Fsp3) is 0.182. The van der Waals surface area contributed by atoms with E-state index in [-0.39, 0.29) is 13.2 Å². The number of hydrogen-bond acceptors (Lipinski definition) is 6. The van der Waals surface area contributed by atoms with Gasteiger partial charge in [0.2, 0.25) is 0 Å². The number of rotatable bonds is 5. The molecule has 0 spiro atoms. The topological polar surface area (TPSA) is 99.0 Å². The number of carbonyl (C=O) groups is 2. The molecule has 0 radical (unpaired) electrons. The average molecular weight is 340 g/mol. The lowest BCUT2D eigenvalue weighted by atomic mass is 10.3. The van der Waals surface area contributed by atoms with Gasteiger partial charge in [-0.2, -0.15) is 0 Å². The highest BCUT2D eigenvalue weighted by Gasteiger charge is 2.09. The normalized spacial score (nSPS) is 10.1. The maximum Gasteiger partial charge on any atom is 0.328 e. The van der Waals surface area contributed by atoms with E-state index in [1.54, 1.807) is 24.3 Å². The average Bonchev–Trinajstić information content (AvgIpc) is 2.92. The fourth-order valence-electron chi connectivity index (χ4n) is 1.31. The first-order chi connectivity index (χ1) is 9.63. The summed E-state index contributed by atoms with van der Waals surface area (Å²) < 4.78 is 6.91. The van der Waals surface area contributed by atoms with E-state index < -0.39 is 11.9 Å². The van der Waals surface area contributed by atoms with E-state index in [9.17, 15) is 9.59 Å². The van der Waals surface area contributed by atoms with Gasteiger partial charge in [0.15, 0.2) is 6.61 Å². The monoisotopic (exact) mass is 339 g/mol.